The molecular formula is C8H17N. The summed E-state index contributed by atoms with van der Waals surface area (Å²) < 4.78 is 0. The highest BCUT2D eigenvalue weighted by Crippen LogP contribution is 2.04. The fraction of sp³-hybridized carbons (Fsp3) is 0.750. The molecule has 2 N–H and O–H groups in total. The van der Waals surface area contributed by atoms with Crippen LogP contribution < -0.4 is 5.73 Å². The predicted octanol–water partition coefficient (Wildman–Crippen LogP) is 2.08. The maximum atomic E-state index is 5.70. The van der Waals surface area contributed by atoms with E-state index in [0.29, 0.717) is 0 Å². The summed E-state index contributed by atoms with van der Waals surface area (Å²) in [5, 5.41) is 0. The van der Waals surface area contributed by atoms with Gasteiger partial charge in [-0.05, 0) is 13.3 Å². The molecule has 9 heavy (non-hydrogen) atoms. The summed E-state index contributed by atoms with van der Waals surface area (Å²) >= 11 is 0. The third kappa shape index (κ3) is 4.22. The SMILES string of the molecule is C=C(C)[C@H](N)CCCC. The lowest BCUT2D eigenvalue weighted by Crippen LogP contribution is -2.20. The molecule has 0 radical (unpaired) electrons. The Morgan fingerprint density at radius 2 is 2.22 bits per heavy atom. The molecule has 0 aromatic rings. The average molecular weight is 127 g/mol. The molecule has 0 aromatic carbocycles. The minimum atomic E-state index is 0.227. The standard InChI is InChI=1S/C8H17N/c1-4-5-6-8(9)7(2)3/h8H,2,4-6,9H2,1,3H3/t8-/m1/s1. The molecule has 0 saturated heterocycles. The zero-order chi connectivity index (χ0) is 7.28. The van der Waals surface area contributed by atoms with Crippen molar-refractivity contribution in [2.24, 2.45) is 5.73 Å². The van der Waals surface area contributed by atoms with E-state index >= 15 is 0 Å². The van der Waals surface area contributed by atoms with Gasteiger partial charge in [0.25, 0.3) is 0 Å². The van der Waals surface area contributed by atoms with Crippen LogP contribution in [0.3, 0.4) is 0 Å². The second-order valence-corrected chi connectivity index (χ2v) is 2.60. The van der Waals surface area contributed by atoms with Gasteiger partial charge in [0.2, 0.25) is 0 Å². The summed E-state index contributed by atoms with van der Waals surface area (Å²) in [6, 6.07) is 0.227. The molecule has 0 aromatic heterocycles. The van der Waals surface area contributed by atoms with E-state index in [2.05, 4.69) is 13.5 Å². The first kappa shape index (κ1) is 8.70. The third-order valence-corrected chi connectivity index (χ3v) is 1.50. The van der Waals surface area contributed by atoms with Gasteiger partial charge in [0, 0.05) is 6.04 Å². The summed E-state index contributed by atoms with van der Waals surface area (Å²) in [7, 11) is 0. The van der Waals surface area contributed by atoms with E-state index < -0.39 is 0 Å². The number of hydrogen-bond donors (Lipinski definition) is 1. The molecular weight excluding hydrogens is 110 g/mol. The zero-order valence-electron chi connectivity index (χ0n) is 6.48. The highest BCUT2D eigenvalue weighted by atomic mass is 14.6. The summed E-state index contributed by atoms with van der Waals surface area (Å²) in [6.45, 7) is 7.94. The zero-order valence-corrected chi connectivity index (χ0v) is 6.48. The van der Waals surface area contributed by atoms with Crippen LogP contribution in [-0.4, -0.2) is 6.04 Å². The van der Waals surface area contributed by atoms with E-state index in [1.54, 1.807) is 0 Å². The quantitative estimate of drug-likeness (QED) is 0.575. The van der Waals surface area contributed by atoms with Gasteiger partial charge in [0.05, 0.1) is 0 Å². The molecule has 1 atom stereocenters. The van der Waals surface area contributed by atoms with E-state index in [1.807, 2.05) is 6.92 Å². The highest BCUT2D eigenvalue weighted by molar-refractivity contribution is 4.99. The predicted molar refractivity (Wildman–Crippen MR) is 42.3 cm³/mol. The van der Waals surface area contributed by atoms with Crippen LogP contribution in [0.4, 0.5) is 0 Å². The number of unbranched alkanes of at least 4 members (excludes halogenated alkanes) is 1. The smallest absolute Gasteiger partial charge is 0.0248 e. The van der Waals surface area contributed by atoms with Gasteiger partial charge in [0.15, 0.2) is 0 Å². The van der Waals surface area contributed by atoms with Crippen LogP contribution in [0.2, 0.25) is 0 Å². The lowest BCUT2D eigenvalue weighted by molar-refractivity contribution is 0.634. The molecule has 54 valence electrons. The Balaban J connectivity index is 3.27. The van der Waals surface area contributed by atoms with Crippen molar-refractivity contribution in [2.45, 2.75) is 39.2 Å². The van der Waals surface area contributed by atoms with Crippen LogP contribution >= 0.6 is 0 Å². The highest BCUT2D eigenvalue weighted by Gasteiger charge is 1.99. The Kier molecular flexibility index (Phi) is 4.41. The molecule has 0 saturated carbocycles. The van der Waals surface area contributed by atoms with Crippen molar-refractivity contribution >= 4 is 0 Å². The topological polar surface area (TPSA) is 26.0 Å². The maximum Gasteiger partial charge on any atom is 0.0248 e. The van der Waals surface area contributed by atoms with Crippen molar-refractivity contribution in [1.82, 2.24) is 0 Å². The second kappa shape index (κ2) is 4.57. The molecule has 1 nitrogen and oxygen atoms in total. The van der Waals surface area contributed by atoms with Gasteiger partial charge < -0.3 is 5.73 Å². The van der Waals surface area contributed by atoms with Gasteiger partial charge in [-0.15, -0.1) is 0 Å². The molecule has 1 heteroatoms. The van der Waals surface area contributed by atoms with E-state index in [4.69, 9.17) is 5.73 Å². The Morgan fingerprint density at radius 1 is 1.67 bits per heavy atom. The Hall–Kier alpha value is -0.300. The van der Waals surface area contributed by atoms with E-state index in [1.165, 1.54) is 12.8 Å². The van der Waals surface area contributed by atoms with Gasteiger partial charge >= 0.3 is 0 Å². The third-order valence-electron chi connectivity index (χ3n) is 1.50. The van der Waals surface area contributed by atoms with Gasteiger partial charge in [-0.2, -0.15) is 0 Å². The Bertz CT molecular complexity index is 86.6. The molecule has 0 amide bonds. The van der Waals surface area contributed by atoms with Crippen molar-refractivity contribution in [1.29, 1.82) is 0 Å². The maximum absolute atomic E-state index is 5.70. The monoisotopic (exact) mass is 127 g/mol. The molecule has 0 fully saturated rings. The first-order chi connectivity index (χ1) is 4.18. The summed E-state index contributed by atoms with van der Waals surface area (Å²) in [4.78, 5) is 0. The number of rotatable bonds is 4. The molecule has 0 spiro atoms. The van der Waals surface area contributed by atoms with Crippen molar-refractivity contribution in [3.05, 3.63) is 12.2 Å². The van der Waals surface area contributed by atoms with Crippen LogP contribution in [0.25, 0.3) is 0 Å². The van der Waals surface area contributed by atoms with Gasteiger partial charge in [0.1, 0.15) is 0 Å². The Morgan fingerprint density at radius 3 is 2.56 bits per heavy atom. The number of hydrogen-bond acceptors (Lipinski definition) is 1. The van der Waals surface area contributed by atoms with Crippen LogP contribution in [0.5, 0.6) is 0 Å². The van der Waals surface area contributed by atoms with E-state index in [9.17, 15) is 0 Å². The summed E-state index contributed by atoms with van der Waals surface area (Å²) in [5.41, 5.74) is 6.80. The Labute approximate surface area is 57.9 Å². The fourth-order valence-corrected chi connectivity index (χ4v) is 0.670. The first-order valence-corrected chi connectivity index (χ1v) is 3.59. The lowest BCUT2D eigenvalue weighted by atomic mass is 10.1. The molecule has 0 aliphatic heterocycles. The fourth-order valence-electron chi connectivity index (χ4n) is 0.670. The molecule has 0 aliphatic rings. The first-order valence-electron chi connectivity index (χ1n) is 3.59. The van der Waals surface area contributed by atoms with E-state index in [0.717, 1.165) is 12.0 Å². The van der Waals surface area contributed by atoms with Crippen molar-refractivity contribution in [3.63, 3.8) is 0 Å². The largest absolute Gasteiger partial charge is 0.324 e. The molecule has 0 heterocycles. The minimum absolute atomic E-state index is 0.227. The van der Waals surface area contributed by atoms with Crippen LogP contribution in [0, 0.1) is 0 Å². The minimum Gasteiger partial charge on any atom is -0.324 e. The average Bonchev–Trinajstić information content (AvgIpc) is 1.82. The molecule has 0 aliphatic carbocycles. The van der Waals surface area contributed by atoms with Gasteiger partial charge in [-0.3, -0.25) is 0 Å². The molecule has 0 rings (SSSR count). The summed E-state index contributed by atoms with van der Waals surface area (Å²) in [5.74, 6) is 0. The van der Waals surface area contributed by atoms with Crippen molar-refractivity contribution in [3.8, 4) is 0 Å². The van der Waals surface area contributed by atoms with Crippen LogP contribution in [-0.2, 0) is 0 Å². The second-order valence-electron chi connectivity index (χ2n) is 2.60. The van der Waals surface area contributed by atoms with Crippen molar-refractivity contribution < 1.29 is 0 Å². The number of nitrogens with two attached hydrogens (primary N) is 1. The normalized spacial score (nSPS) is 13.2. The van der Waals surface area contributed by atoms with Crippen LogP contribution in [0.15, 0.2) is 12.2 Å². The lowest BCUT2D eigenvalue weighted by Gasteiger charge is -2.08. The van der Waals surface area contributed by atoms with Gasteiger partial charge in [-0.25, -0.2) is 0 Å². The van der Waals surface area contributed by atoms with Crippen LogP contribution in [0.1, 0.15) is 33.1 Å². The molecule has 0 unspecified atom stereocenters. The van der Waals surface area contributed by atoms with Gasteiger partial charge in [-0.1, -0.05) is 31.9 Å². The molecule has 0 bridgehead atoms. The van der Waals surface area contributed by atoms with Crippen molar-refractivity contribution in [2.75, 3.05) is 0 Å². The van der Waals surface area contributed by atoms with E-state index in [-0.39, 0.29) is 6.04 Å². The summed E-state index contributed by atoms with van der Waals surface area (Å²) in [6.07, 6.45) is 3.53.